The molecule has 0 bridgehead atoms. The van der Waals surface area contributed by atoms with Crippen molar-refractivity contribution in [2.24, 2.45) is 0 Å². The van der Waals surface area contributed by atoms with Gasteiger partial charge in [0.25, 0.3) is 0 Å². The first kappa shape index (κ1) is 22.7. The van der Waals surface area contributed by atoms with Crippen LogP contribution in [0.25, 0.3) is 12.2 Å². The molecule has 0 spiro atoms. The fourth-order valence-corrected chi connectivity index (χ4v) is 2.92. The van der Waals surface area contributed by atoms with Crippen LogP contribution in [0, 0.1) is 0 Å². The van der Waals surface area contributed by atoms with Crippen LogP contribution in [0.4, 0.5) is 5.69 Å². The van der Waals surface area contributed by atoms with Gasteiger partial charge in [0.2, 0.25) is 0 Å². The molecule has 2 aromatic carbocycles. The van der Waals surface area contributed by atoms with Crippen LogP contribution >= 0.6 is 0 Å². The third-order valence-corrected chi connectivity index (χ3v) is 4.61. The molecule has 2 N–H and O–H groups in total. The lowest BCUT2D eigenvalue weighted by Gasteiger charge is -2.21. The van der Waals surface area contributed by atoms with Crippen molar-refractivity contribution in [1.82, 2.24) is 0 Å². The number of ketones is 2. The van der Waals surface area contributed by atoms with E-state index in [2.05, 4.69) is 4.90 Å². The van der Waals surface area contributed by atoms with Gasteiger partial charge in [0.1, 0.15) is 5.75 Å². The Morgan fingerprint density at radius 3 is 2.20 bits per heavy atom. The molecule has 6 heteroatoms. The molecule has 0 aliphatic carbocycles. The molecule has 0 amide bonds. The minimum Gasteiger partial charge on any atom is -0.507 e. The minimum atomic E-state index is -0.361. The molecule has 0 saturated heterocycles. The molecule has 0 unspecified atom stereocenters. The second kappa shape index (κ2) is 10.9. The number of rotatable bonds is 10. The van der Waals surface area contributed by atoms with Gasteiger partial charge in [-0.25, -0.2) is 0 Å². The molecule has 158 valence electrons. The zero-order chi connectivity index (χ0) is 22.1. The Balaban J connectivity index is 1.98. The van der Waals surface area contributed by atoms with Crippen LogP contribution in [0.15, 0.2) is 48.6 Å². The zero-order valence-corrected chi connectivity index (χ0v) is 17.5. The topological polar surface area (TPSA) is 87.1 Å². The maximum atomic E-state index is 12.1. The van der Waals surface area contributed by atoms with E-state index in [9.17, 15) is 19.8 Å². The molecule has 2 aromatic rings. The molecule has 30 heavy (non-hydrogen) atoms. The summed E-state index contributed by atoms with van der Waals surface area (Å²) in [5, 5.41) is 19.8. The summed E-state index contributed by atoms with van der Waals surface area (Å²) in [6.07, 6.45) is 5.39. The Morgan fingerprint density at radius 1 is 0.933 bits per heavy atom. The number of carbonyl (C=O) groups is 2. The molecule has 0 saturated carbocycles. The molecule has 0 aliphatic heterocycles. The summed E-state index contributed by atoms with van der Waals surface area (Å²) in [5.41, 5.74) is 2.09. The Hall–Kier alpha value is -3.54. The summed E-state index contributed by atoms with van der Waals surface area (Å²) in [4.78, 5) is 26.2. The molecule has 0 radical (unpaired) electrons. The van der Waals surface area contributed by atoms with Crippen LogP contribution in [0.3, 0.4) is 0 Å². The van der Waals surface area contributed by atoms with Crippen molar-refractivity contribution >= 4 is 29.4 Å². The minimum absolute atomic E-state index is 0.00896. The number of methoxy groups -OCH3 is 1. The number of hydrogen-bond acceptors (Lipinski definition) is 6. The van der Waals surface area contributed by atoms with Crippen LogP contribution in [-0.4, -0.2) is 42.0 Å². The quantitative estimate of drug-likeness (QED) is 0.452. The van der Waals surface area contributed by atoms with Gasteiger partial charge in [0, 0.05) is 30.4 Å². The summed E-state index contributed by atoms with van der Waals surface area (Å²) in [6, 6.07) is 9.98. The maximum Gasteiger partial charge on any atom is 0.163 e. The number of aromatic hydroxyl groups is 2. The predicted octanol–water partition coefficient (Wildman–Crippen LogP) is 4.21. The lowest BCUT2D eigenvalue weighted by Crippen LogP contribution is -2.21. The SMILES string of the molecule is CCN(CC)c1ccc(C=CC(=O)CC(=O)C=Cc2ccc(O)c(OC)c2)c(O)c1. The van der Waals surface area contributed by atoms with Crippen molar-refractivity contribution in [3.63, 3.8) is 0 Å². The van der Waals surface area contributed by atoms with Gasteiger partial charge in [0.05, 0.1) is 13.5 Å². The third-order valence-electron chi connectivity index (χ3n) is 4.61. The van der Waals surface area contributed by atoms with E-state index >= 15 is 0 Å². The number of nitrogens with zero attached hydrogens (tertiary/aromatic N) is 1. The highest BCUT2D eigenvalue weighted by Crippen LogP contribution is 2.27. The monoisotopic (exact) mass is 409 g/mol. The van der Waals surface area contributed by atoms with Crippen LogP contribution in [0.1, 0.15) is 31.4 Å². The first-order valence-corrected chi connectivity index (χ1v) is 9.74. The Morgan fingerprint density at radius 2 is 1.60 bits per heavy atom. The molecule has 0 aromatic heterocycles. The highest BCUT2D eigenvalue weighted by molar-refractivity contribution is 6.11. The van der Waals surface area contributed by atoms with Gasteiger partial charge in [-0.3, -0.25) is 9.59 Å². The number of carbonyl (C=O) groups excluding carboxylic acids is 2. The number of ether oxygens (including phenoxy) is 1. The molecule has 0 heterocycles. The van der Waals surface area contributed by atoms with E-state index in [-0.39, 0.29) is 29.5 Å². The van der Waals surface area contributed by atoms with Crippen LogP contribution < -0.4 is 9.64 Å². The standard InChI is InChI=1S/C24H27NO5/c1-4-25(5-2)19-10-8-18(23(29)15-19)9-12-21(27)16-20(26)11-6-17-7-13-22(28)24(14-17)30-3/h6-15,28-29H,4-5,16H2,1-3H3. The van der Waals surface area contributed by atoms with E-state index in [1.165, 1.54) is 31.4 Å². The number of phenolic OH excluding ortho intramolecular Hbond substituents is 2. The van der Waals surface area contributed by atoms with Crippen molar-refractivity contribution in [1.29, 1.82) is 0 Å². The second-order valence-electron chi connectivity index (χ2n) is 6.62. The largest absolute Gasteiger partial charge is 0.507 e. The molecule has 2 rings (SSSR count). The van der Waals surface area contributed by atoms with Crippen molar-refractivity contribution in [3.05, 3.63) is 59.7 Å². The Kier molecular flexibility index (Phi) is 8.23. The number of hydrogen-bond donors (Lipinski definition) is 2. The smallest absolute Gasteiger partial charge is 0.163 e. The molecule has 0 aliphatic rings. The van der Waals surface area contributed by atoms with E-state index in [1.807, 2.05) is 19.9 Å². The van der Waals surface area contributed by atoms with E-state index in [0.29, 0.717) is 16.9 Å². The fraction of sp³-hybridized carbons (Fsp3) is 0.250. The van der Waals surface area contributed by atoms with E-state index < -0.39 is 0 Å². The van der Waals surface area contributed by atoms with Crippen LogP contribution in [0.5, 0.6) is 17.2 Å². The Bertz CT molecular complexity index is 958. The fourth-order valence-electron chi connectivity index (χ4n) is 2.92. The normalized spacial score (nSPS) is 11.2. The average molecular weight is 409 g/mol. The van der Waals surface area contributed by atoms with E-state index in [4.69, 9.17) is 4.74 Å². The van der Waals surface area contributed by atoms with Gasteiger partial charge >= 0.3 is 0 Å². The number of benzene rings is 2. The highest BCUT2D eigenvalue weighted by Gasteiger charge is 2.07. The van der Waals surface area contributed by atoms with Crippen molar-refractivity contribution in [2.75, 3.05) is 25.1 Å². The zero-order valence-electron chi connectivity index (χ0n) is 17.5. The second-order valence-corrected chi connectivity index (χ2v) is 6.62. The molecular weight excluding hydrogens is 382 g/mol. The predicted molar refractivity (Wildman–Crippen MR) is 119 cm³/mol. The lowest BCUT2D eigenvalue weighted by atomic mass is 10.1. The molecule has 6 nitrogen and oxygen atoms in total. The summed E-state index contributed by atoms with van der Waals surface area (Å²) in [7, 11) is 1.44. The summed E-state index contributed by atoms with van der Waals surface area (Å²) >= 11 is 0. The van der Waals surface area contributed by atoms with Gasteiger partial charge in [0.15, 0.2) is 23.1 Å². The summed E-state index contributed by atoms with van der Waals surface area (Å²) in [5.74, 6) is -0.320. The molecular formula is C24H27NO5. The van der Waals surface area contributed by atoms with Crippen molar-refractivity contribution in [2.45, 2.75) is 20.3 Å². The first-order valence-electron chi connectivity index (χ1n) is 9.74. The van der Waals surface area contributed by atoms with Gasteiger partial charge in [-0.1, -0.05) is 12.1 Å². The van der Waals surface area contributed by atoms with Crippen molar-refractivity contribution in [3.8, 4) is 17.2 Å². The third kappa shape index (κ3) is 6.24. The van der Waals surface area contributed by atoms with Gasteiger partial charge in [-0.05, 0) is 61.9 Å². The average Bonchev–Trinajstić information content (AvgIpc) is 2.73. The maximum absolute atomic E-state index is 12.1. The van der Waals surface area contributed by atoms with E-state index in [1.54, 1.807) is 30.3 Å². The first-order chi connectivity index (χ1) is 14.4. The number of anilines is 1. The Labute approximate surface area is 176 Å². The van der Waals surface area contributed by atoms with Gasteiger partial charge < -0.3 is 19.8 Å². The number of phenols is 2. The molecule has 0 atom stereocenters. The van der Waals surface area contributed by atoms with Crippen LogP contribution in [0.2, 0.25) is 0 Å². The van der Waals surface area contributed by atoms with Gasteiger partial charge in [-0.15, -0.1) is 0 Å². The highest BCUT2D eigenvalue weighted by atomic mass is 16.5. The van der Waals surface area contributed by atoms with Crippen LogP contribution in [-0.2, 0) is 9.59 Å². The van der Waals surface area contributed by atoms with E-state index in [0.717, 1.165) is 18.8 Å². The van der Waals surface area contributed by atoms with Crippen molar-refractivity contribution < 1.29 is 24.5 Å². The van der Waals surface area contributed by atoms with Gasteiger partial charge in [-0.2, -0.15) is 0 Å². The lowest BCUT2D eigenvalue weighted by molar-refractivity contribution is -0.121. The summed E-state index contributed by atoms with van der Waals surface area (Å²) in [6.45, 7) is 5.74. The molecule has 0 fully saturated rings. The summed E-state index contributed by atoms with van der Waals surface area (Å²) < 4.78 is 5.02. The number of allylic oxidation sites excluding steroid dienone is 2.